The van der Waals surface area contributed by atoms with Gasteiger partial charge in [-0.2, -0.15) is 0 Å². The highest BCUT2D eigenvalue weighted by Gasteiger charge is 2.48. The van der Waals surface area contributed by atoms with Gasteiger partial charge in [0.1, 0.15) is 17.3 Å². The zero-order valence-electron chi connectivity index (χ0n) is 9.55. The molecular weight excluding hydrogens is 363 g/mol. The number of ether oxygens (including phenoxy) is 1. The Kier molecular flexibility index (Phi) is 3.10. The fourth-order valence-electron chi connectivity index (χ4n) is 2.78. The third-order valence-corrected chi connectivity index (χ3v) is 4.62. The topological polar surface area (TPSA) is 9.23 Å². The summed E-state index contributed by atoms with van der Waals surface area (Å²) >= 11 is 6.85. The fourth-order valence-corrected chi connectivity index (χ4v) is 3.61. The van der Waals surface area contributed by atoms with Gasteiger partial charge in [0.05, 0.1) is 10.7 Å². The molecule has 1 heterocycles. The van der Waals surface area contributed by atoms with Crippen LogP contribution >= 0.6 is 31.9 Å². The Morgan fingerprint density at radius 2 is 2.11 bits per heavy atom. The summed E-state index contributed by atoms with van der Waals surface area (Å²) in [5.41, 5.74) is 1.52. The molecule has 0 N–H and O–H groups in total. The lowest BCUT2D eigenvalue weighted by Crippen LogP contribution is -2.25. The van der Waals surface area contributed by atoms with E-state index in [1.807, 2.05) is 24.3 Å². The molecule has 2 aliphatic carbocycles. The van der Waals surface area contributed by atoms with Crippen LogP contribution < -0.4 is 0 Å². The van der Waals surface area contributed by atoms with Crippen molar-refractivity contribution in [2.24, 2.45) is 5.41 Å². The van der Waals surface area contributed by atoms with Gasteiger partial charge in [0.15, 0.2) is 0 Å². The third-order valence-electron chi connectivity index (χ3n) is 3.50. The Morgan fingerprint density at radius 1 is 1.28 bits per heavy atom. The molecule has 1 spiro atoms. The van der Waals surface area contributed by atoms with E-state index >= 15 is 0 Å². The maximum atomic E-state index is 13.9. The highest BCUT2D eigenvalue weighted by atomic mass is 79.9. The molecule has 4 heteroatoms. The molecule has 0 saturated heterocycles. The normalized spacial score (nSPS) is 29.2. The van der Waals surface area contributed by atoms with Gasteiger partial charge < -0.3 is 4.74 Å². The lowest BCUT2D eigenvalue weighted by Gasteiger charge is -2.32. The lowest BCUT2D eigenvalue weighted by molar-refractivity contribution is 0.270. The second kappa shape index (κ2) is 4.49. The predicted octanol–water partition coefficient (Wildman–Crippen LogP) is 4.68. The molecule has 0 aromatic rings. The summed E-state index contributed by atoms with van der Waals surface area (Å²) in [7, 11) is 0. The lowest BCUT2D eigenvalue weighted by atomic mass is 9.70. The van der Waals surface area contributed by atoms with E-state index in [1.54, 1.807) is 6.08 Å². The Hall–Kier alpha value is -0.610. The molecule has 0 amide bonds. The number of halogens is 3. The average Bonchev–Trinajstić information content (AvgIpc) is 2.71. The maximum Gasteiger partial charge on any atom is 0.123 e. The number of alkyl halides is 2. The minimum Gasteiger partial charge on any atom is -0.463 e. The van der Waals surface area contributed by atoms with Crippen LogP contribution in [0.2, 0.25) is 0 Å². The molecule has 1 nitrogen and oxygen atoms in total. The van der Waals surface area contributed by atoms with E-state index in [2.05, 4.69) is 31.9 Å². The van der Waals surface area contributed by atoms with Gasteiger partial charge in [-0.3, -0.25) is 0 Å². The van der Waals surface area contributed by atoms with Crippen LogP contribution in [0.25, 0.3) is 0 Å². The van der Waals surface area contributed by atoms with Gasteiger partial charge in [-0.1, -0.05) is 56.2 Å². The van der Waals surface area contributed by atoms with E-state index in [-0.39, 0.29) is 5.83 Å². The Morgan fingerprint density at radius 3 is 2.83 bits per heavy atom. The first-order valence-electron chi connectivity index (χ1n) is 5.70. The quantitative estimate of drug-likeness (QED) is 0.638. The SMILES string of the molecule is FC1=CC(CBr)=C2OC(CBr)=C3C=CC=CC32C1. The van der Waals surface area contributed by atoms with Crippen LogP contribution in [0.15, 0.2) is 58.9 Å². The Bertz CT molecular complexity index is 554. The molecule has 0 aromatic carbocycles. The van der Waals surface area contributed by atoms with E-state index < -0.39 is 5.41 Å². The first kappa shape index (κ1) is 12.4. The minimum atomic E-state index is -0.431. The number of allylic oxidation sites excluding steroid dienone is 8. The zero-order chi connectivity index (χ0) is 12.8. The van der Waals surface area contributed by atoms with E-state index in [0.717, 1.165) is 22.7 Å². The average molecular weight is 374 g/mol. The molecule has 1 aliphatic heterocycles. The second-order valence-corrected chi connectivity index (χ2v) is 5.64. The largest absolute Gasteiger partial charge is 0.463 e. The third kappa shape index (κ3) is 1.62. The summed E-state index contributed by atoms with van der Waals surface area (Å²) < 4.78 is 19.9. The molecule has 0 fully saturated rings. The second-order valence-electron chi connectivity index (χ2n) is 4.52. The number of rotatable bonds is 2. The minimum absolute atomic E-state index is 0.0925. The van der Waals surface area contributed by atoms with Crippen molar-refractivity contribution in [3.05, 3.63) is 58.9 Å². The fraction of sp³-hybridized carbons (Fsp3) is 0.286. The summed E-state index contributed by atoms with van der Waals surface area (Å²) in [5.74, 6) is 1.66. The standard InChI is InChI=1S/C14H11Br2FO/c15-7-9-5-10(17)6-14-4-2-1-3-11(14)12(8-16)18-13(9)14/h1-5H,6-8H2. The summed E-state index contributed by atoms with van der Waals surface area (Å²) in [4.78, 5) is 0. The van der Waals surface area contributed by atoms with Gasteiger partial charge in [0.25, 0.3) is 0 Å². The molecule has 3 rings (SSSR count). The van der Waals surface area contributed by atoms with Crippen LogP contribution in [0.4, 0.5) is 4.39 Å². The Labute approximate surface area is 122 Å². The van der Waals surface area contributed by atoms with Crippen LogP contribution in [0.1, 0.15) is 6.42 Å². The zero-order valence-corrected chi connectivity index (χ0v) is 12.7. The van der Waals surface area contributed by atoms with Crippen LogP contribution in [0.5, 0.6) is 0 Å². The van der Waals surface area contributed by atoms with E-state index in [0.29, 0.717) is 17.1 Å². The molecular formula is C14H11Br2FO. The van der Waals surface area contributed by atoms with Gasteiger partial charge in [-0.15, -0.1) is 0 Å². The Balaban J connectivity index is 2.22. The smallest absolute Gasteiger partial charge is 0.123 e. The van der Waals surface area contributed by atoms with Gasteiger partial charge in [-0.25, -0.2) is 4.39 Å². The molecule has 0 radical (unpaired) electrons. The first-order chi connectivity index (χ1) is 8.71. The first-order valence-corrected chi connectivity index (χ1v) is 7.94. The molecule has 1 unspecified atom stereocenters. The molecule has 1 atom stereocenters. The summed E-state index contributed by atoms with van der Waals surface area (Å²) in [6, 6.07) is 0. The number of hydrogen-bond acceptors (Lipinski definition) is 1. The molecule has 0 bridgehead atoms. The molecule has 3 aliphatic rings. The summed E-state index contributed by atoms with van der Waals surface area (Å²) in [6.07, 6.45) is 9.94. The van der Waals surface area contributed by atoms with Crippen molar-refractivity contribution in [2.75, 3.05) is 10.7 Å². The van der Waals surface area contributed by atoms with E-state index in [1.165, 1.54) is 0 Å². The van der Waals surface area contributed by atoms with Crippen molar-refractivity contribution < 1.29 is 9.13 Å². The van der Waals surface area contributed by atoms with Crippen molar-refractivity contribution in [3.8, 4) is 0 Å². The van der Waals surface area contributed by atoms with Crippen molar-refractivity contribution in [1.82, 2.24) is 0 Å². The van der Waals surface area contributed by atoms with Gasteiger partial charge in [0, 0.05) is 22.9 Å². The van der Waals surface area contributed by atoms with Crippen molar-refractivity contribution in [1.29, 1.82) is 0 Å². The van der Waals surface area contributed by atoms with Gasteiger partial charge >= 0.3 is 0 Å². The van der Waals surface area contributed by atoms with Gasteiger partial charge in [0.2, 0.25) is 0 Å². The molecule has 18 heavy (non-hydrogen) atoms. The maximum absolute atomic E-state index is 13.9. The van der Waals surface area contributed by atoms with Crippen LogP contribution in [0, 0.1) is 5.41 Å². The van der Waals surface area contributed by atoms with Crippen molar-refractivity contribution in [3.63, 3.8) is 0 Å². The van der Waals surface area contributed by atoms with E-state index in [4.69, 9.17) is 4.74 Å². The highest BCUT2D eigenvalue weighted by Crippen LogP contribution is 2.56. The summed E-state index contributed by atoms with van der Waals surface area (Å²) in [5, 5.41) is 1.24. The molecule has 94 valence electrons. The number of hydrogen-bond donors (Lipinski definition) is 0. The van der Waals surface area contributed by atoms with Crippen LogP contribution in [0.3, 0.4) is 0 Å². The van der Waals surface area contributed by atoms with Crippen LogP contribution in [-0.2, 0) is 4.74 Å². The highest BCUT2D eigenvalue weighted by molar-refractivity contribution is 9.09. The van der Waals surface area contributed by atoms with Crippen molar-refractivity contribution >= 4 is 31.9 Å². The van der Waals surface area contributed by atoms with Crippen LogP contribution in [-0.4, -0.2) is 10.7 Å². The van der Waals surface area contributed by atoms with E-state index in [9.17, 15) is 4.39 Å². The molecule has 0 saturated carbocycles. The van der Waals surface area contributed by atoms with Gasteiger partial charge in [-0.05, 0) is 6.08 Å². The predicted molar refractivity (Wildman–Crippen MR) is 77.2 cm³/mol. The summed E-state index contributed by atoms with van der Waals surface area (Å²) in [6.45, 7) is 0. The monoisotopic (exact) mass is 372 g/mol. The van der Waals surface area contributed by atoms with Crippen molar-refractivity contribution in [2.45, 2.75) is 6.42 Å². The molecule has 0 aromatic heterocycles.